The van der Waals surface area contributed by atoms with Gasteiger partial charge in [0, 0.05) is 11.7 Å². The lowest BCUT2D eigenvalue weighted by molar-refractivity contribution is 0.129. The summed E-state index contributed by atoms with van der Waals surface area (Å²) in [7, 11) is 0. The Bertz CT molecular complexity index is 738. The van der Waals surface area contributed by atoms with Crippen LogP contribution in [0.2, 0.25) is 5.02 Å². The number of halogens is 1. The van der Waals surface area contributed by atoms with Crippen LogP contribution >= 0.6 is 11.6 Å². The maximum Gasteiger partial charge on any atom is 0.319 e. The molecule has 0 radical (unpaired) electrons. The summed E-state index contributed by atoms with van der Waals surface area (Å²) in [6, 6.07) is 6.33. The second-order valence-corrected chi connectivity index (χ2v) is 7.19. The molecule has 0 atom stereocenters. The fourth-order valence-electron chi connectivity index (χ4n) is 3.23. The summed E-state index contributed by atoms with van der Waals surface area (Å²) in [5.74, 6) is 0. The number of nitrogens with one attached hydrogen (secondary N) is 2. The minimum atomic E-state index is -0.166. The van der Waals surface area contributed by atoms with Crippen molar-refractivity contribution in [2.75, 3.05) is 5.32 Å². The molecule has 2 N–H and O–H groups in total. The van der Waals surface area contributed by atoms with E-state index >= 15 is 0 Å². The highest BCUT2D eigenvalue weighted by Gasteiger charge is 2.24. The Hall–Kier alpha value is -2.34. The molecule has 26 heavy (non-hydrogen) atoms. The SMILES string of the molecule is Cc1cc(C)cc(NC(=O)NC2CCC(Oc3ncc(Cl)cn3)CC2)c1. The number of ether oxygens (including phenoxy) is 1. The number of urea groups is 1. The van der Waals surface area contributed by atoms with Gasteiger partial charge < -0.3 is 15.4 Å². The normalized spacial score (nSPS) is 19.7. The molecule has 0 saturated heterocycles. The van der Waals surface area contributed by atoms with Gasteiger partial charge in [-0.1, -0.05) is 17.7 Å². The lowest BCUT2D eigenvalue weighted by atomic mass is 9.93. The van der Waals surface area contributed by atoms with Crippen LogP contribution in [0.25, 0.3) is 0 Å². The van der Waals surface area contributed by atoms with Crippen LogP contribution in [0, 0.1) is 13.8 Å². The van der Waals surface area contributed by atoms with Gasteiger partial charge in [0.05, 0.1) is 17.4 Å². The molecule has 3 rings (SSSR count). The molecule has 1 aromatic heterocycles. The first-order chi connectivity index (χ1) is 12.5. The lowest BCUT2D eigenvalue weighted by Crippen LogP contribution is -2.41. The fourth-order valence-corrected chi connectivity index (χ4v) is 3.33. The Balaban J connectivity index is 1.44. The summed E-state index contributed by atoms with van der Waals surface area (Å²) in [5.41, 5.74) is 3.07. The Labute approximate surface area is 158 Å². The molecule has 1 aromatic carbocycles. The van der Waals surface area contributed by atoms with Gasteiger partial charge in [-0.05, 0) is 62.8 Å². The van der Waals surface area contributed by atoms with Crippen molar-refractivity contribution in [3.05, 3.63) is 46.7 Å². The molecule has 1 aliphatic rings. The number of hydrogen-bond acceptors (Lipinski definition) is 4. The molecule has 2 amide bonds. The number of aryl methyl sites for hydroxylation is 2. The van der Waals surface area contributed by atoms with Crippen molar-refractivity contribution >= 4 is 23.3 Å². The van der Waals surface area contributed by atoms with E-state index in [0.29, 0.717) is 11.0 Å². The molecule has 1 heterocycles. The third-order valence-electron chi connectivity index (χ3n) is 4.36. The smallest absolute Gasteiger partial charge is 0.319 e. The fraction of sp³-hybridized carbons (Fsp3) is 0.421. The van der Waals surface area contributed by atoms with Gasteiger partial charge in [0.15, 0.2) is 0 Å². The highest BCUT2D eigenvalue weighted by Crippen LogP contribution is 2.22. The number of carbonyl (C=O) groups is 1. The van der Waals surface area contributed by atoms with Crippen LogP contribution in [0.3, 0.4) is 0 Å². The van der Waals surface area contributed by atoms with Crippen molar-refractivity contribution in [3.8, 4) is 6.01 Å². The Kier molecular flexibility index (Phi) is 5.93. The highest BCUT2D eigenvalue weighted by molar-refractivity contribution is 6.30. The quantitative estimate of drug-likeness (QED) is 0.838. The third-order valence-corrected chi connectivity index (χ3v) is 4.55. The first-order valence-electron chi connectivity index (χ1n) is 8.78. The van der Waals surface area contributed by atoms with Gasteiger partial charge in [-0.15, -0.1) is 0 Å². The van der Waals surface area contributed by atoms with E-state index in [1.165, 1.54) is 12.4 Å². The molecule has 0 bridgehead atoms. The number of nitrogens with zero attached hydrogens (tertiary/aromatic N) is 2. The van der Waals surface area contributed by atoms with Gasteiger partial charge in [0.25, 0.3) is 0 Å². The van der Waals surface area contributed by atoms with Crippen molar-refractivity contribution in [2.24, 2.45) is 0 Å². The zero-order valence-electron chi connectivity index (χ0n) is 15.0. The summed E-state index contributed by atoms with van der Waals surface area (Å²) in [5, 5.41) is 6.44. The van der Waals surface area contributed by atoms with Gasteiger partial charge in [-0.25, -0.2) is 14.8 Å². The molecular formula is C19H23ClN4O2. The standard InChI is InChI=1S/C19H23ClN4O2/c1-12-7-13(2)9-16(8-12)24-18(25)23-15-3-5-17(6-4-15)26-19-21-10-14(20)11-22-19/h7-11,15,17H,3-6H2,1-2H3,(H2,23,24,25). The Morgan fingerprint density at radius 3 is 2.31 bits per heavy atom. The topological polar surface area (TPSA) is 76.1 Å². The van der Waals surface area contributed by atoms with Crippen LogP contribution < -0.4 is 15.4 Å². The summed E-state index contributed by atoms with van der Waals surface area (Å²) in [4.78, 5) is 20.3. The van der Waals surface area contributed by atoms with Crippen molar-refractivity contribution in [1.29, 1.82) is 0 Å². The average molecular weight is 375 g/mol. The molecule has 7 heteroatoms. The number of benzene rings is 1. The monoisotopic (exact) mass is 374 g/mol. The van der Waals surface area contributed by atoms with Crippen molar-refractivity contribution in [1.82, 2.24) is 15.3 Å². The maximum absolute atomic E-state index is 12.2. The lowest BCUT2D eigenvalue weighted by Gasteiger charge is -2.28. The molecule has 138 valence electrons. The van der Waals surface area contributed by atoms with E-state index in [1.54, 1.807) is 0 Å². The van der Waals surface area contributed by atoms with E-state index in [2.05, 4.69) is 26.7 Å². The van der Waals surface area contributed by atoms with Gasteiger partial charge in [0.2, 0.25) is 0 Å². The molecule has 0 spiro atoms. The van der Waals surface area contributed by atoms with Crippen LogP contribution in [0.15, 0.2) is 30.6 Å². The largest absolute Gasteiger partial charge is 0.460 e. The summed E-state index contributed by atoms with van der Waals surface area (Å²) in [6.45, 7) is 4.03. The minimum Gasteiger partial charge on any atom is -0.460 e. The van der Waals surface area contributed by atoms with Crippen LogP contribution in [-0.2, 0) is 0 Å². The molecule has 0 aliphatic heterocycles. The predicted octanol–water partition coefficient (Wildman–Crippen LogP) is 4.26. The summed E-state index contributed by atoms with van der Waals surface area (Å²) >= 11 is 5.77. The molecule has 1 saturated carbocycles. The van der Waals surface area contributed by atoms with E-state index in [-0.39, 0.29) is 18.2 Å². The Morgan fingerprint density at radius 2 is 1.69 bits per heavy atom. The summed E-state index contributed by atoms with van der Waals surface area (Å²) < 4.78 is 5.78. The van der Waals surface area contributed by atoms with Crippen molar-refractivity contribution < 1.29 is 9.53 Å². The molecule has 1 fully saturated rings. The average Bonchev–Trinajstić information content (AvgIpc) is 2.57. The first-order valence-corrected chi connectivity index (χ1v) is 9.16. The number of hydrogen-bond donors (Lipinski definition) is 2. The summed E-state index contributed by atoms with van der Waals surface area (Å²) in [6.07, 6.45) is 6.53. The molecular weight excluding hydrogens is 352 g/mol. The van der Waals surface area contributed by atoms with Gasteiger partial charge in [-0.2, -0.15) is 0 Å². The minimum absolute atomic E-state index is 0.0664. The Morgan fingerprint density at radius 1 is 1.08 bits per heavy atom. The van der Waals surface area contributed by atoms with Crippen LogP contribution in [0.4, 0.5) is 10.5 Å². The van der Waals surface area contributed by atoms with E-state index in [9.17, 15) is 4.79 Å². The number of carbonyl (C=O) groups excluding carboxylic acids is 1. The number of aromatic nitrogens is 2. The third kappa shape index (κ3) is 5.33. The van der Waals surface area contributed by atoms with E-state index in [1.807, 2.05) is 26.0 Å². The van der Waals surface area contributed by atoms with E-state index in [0.717, 1.165) is 42.5 Å². The first kappa shape index (κ1) is 18.5. The molecule has 0 unspecified atom stereocenters. The van der Waals surface area contributed by atoms with Gasteiger partial charge in [0.1, 0.15) is 6.10 Å². The number of rotatable bonds is 4. The predicted molar refractivity (Wildman–Crippen MR) is 102 cm³/mol. The van der Waals surface area contributed by atoms with Gasteiger partial charge >= 0.3 is 12.0 Å². The zero-order valence-corrected chi connectivity index (χ0v) is 15.7. The van der Waals surface area contributed by atoms with Crippen molar-refractivity contribution in [3.63, 3.8) is 0 Å². The van der Waals surface area contributed by atoms with Crippen LogP contribution in [0.5, 0.6) is 6.01 Å². The van der Waals surface area contributed by atoms with Gasteiger partial charge in [-0.3, -0.25) is 0 Å². The number of anilines is 1. The second-order valence-electron chi connectivity index (χ2n) is 6.75. The second kappa shape index (κ2) is 8.36. The number of amides is 2. The molecule has 1 aliphatic carbocycles. The van der Waals surface area contributed by atoms with E-state index in [4.69, 9.17) is 16.3 Å². The molecule has 6 nitrogen and oxygen atoms in total. The maximum atomic E-state index is 12.2. The van der Waals surface area contributed by atoms with Crippen molar-refractivity contribution in [2.45, 2.75) is 51.7 Å². The highest BCUT2D eigenvalue weighted by atomic mass is 35.5. The van der Waals surface area contributed by atoms with Crippen LogP contribution in [-0.4, -0.2) is 28.1 Å². The van der Waals surface area contributed by atoms with Crippen LogP contribution in [0.1, 0.15) is 36.8 Å². The van der Waals surface area contributed by atoms with E-state index < -0.39 is 0 Å². The molecule has 2 aromatic rings. The zero-order chi connectivity index (χ0) is 18.5.